The molecule has 0 heterocycles. The predicted molar refractivity (Wildman–Crippen MR) is 75.5 cm³/mol. The maximum atomic E-state index is 6.43. The lowest BCUT2D eigenvalue weighted by Crippen LogP contribution is -2.33. The summed E-state index contributed by atoms with van der Waals surface area (Å²) in [5.74, 6) is 4.07. The second-order valence-electron chi connectivity index (χ2n) is 8.40. The molecule has 3 fully saturated rings. The summed E-state index contributed by atoms with van der Waals surface area (Å²) >= 11 is 0. The monoisotopic (exact) mass is 250 g/mol. The standard InChI is InChI=1S/C17H30O/c1-11(10-17(2,3)4)18-16-9-12-8-15(16)14-7-5-6-13(12)14/h11-16H,5-10H2,1-4H3. The van der Waals surface area contributed by atoms with E-state index in [1.807, 2.05) is 0 Å². The van der Waals surface area contributed by atoms with Crippen LogP contribution >= 0.6 is 0 Å². The molecule has 6 atom stereocenters. The van der Waals surface area contributed by atoms with Gasteiger partial charge in [-0.15, -0.1) is 0 Å². The third-order valence-corrected chi connectivity index (χ3v) is 5.67. The van der Waals surface area contributed by atoms with Crippen LogP contribution in [0.15, 0.2) is 0 Å². The number of rotatable bonds is 3. The Labute approximate surface area is 113 Å². The van der Waals surface area contributed by atoms with Gasteiger partial charge in [0.15, 0.2) is 0 Å². The van der Waals surface area contributed by atoms with Gasteiger partial charge in [0, 0.05) is 0 Å². The molecule has 0 aromatic carbocycles. The van der Waals surface area contributed by atoms with Gasteiger partial charge >= 0.3 is 0 Å². The van der Waals surface area contributed by atoms with E-state index in [4.69, 9.17) is 4.74 Å². The van der Waals surface area contributed by atoms with Crippen LogP contribution in [0.3, 0.4) is 0 Å². The molecule has 0 radical (unpaired) electrons. The summed E-state index contributed by atoms with van der Waals surface area (Å²) in [6, 6.07) is 0. The Balaban J connectivity index is 1.56. The SMILES string of the molecule is CC(CC(C)(C)C)OC1CC2CC1C1CCCC21. The average molecular weight is 250 g/mol. The molecule has 0 spiro atoms. The fourth-order valence-electron chi connectivity index (χ4n) is 5.37. The smallest absolute Gasteiger partial charge is 0.0612 e. The third kappa shape index (κ3) is 2.35. The highest BCUT2D eigenvalue weighted by molar-refractivity contribution is 5.03. The van der Waals surface area contributed by atoms with E-state index in [-0.39, 0.29) is 0 Å². The molecule has 3 saturated carbocycles. The molecular weight excluding hydrogens is 220 g/mol. The summed E-state index contributed by atoms with van der Waals surface area (Å²) in [6.07, 6.45) is 9.61. The van der Waals surface area contributed by atoms with E-state index >= 15 is 0 Å². The van der Waals surface area contributed by atoms with Crippen molar-refractivity contribution in [2.24, 2.45) is 29.1 Å². The van der Waals surface area contributed by atoms with E-state index < -0.39 is 0 Å². The van der Waals surface area contributed by atoms with Gasteiger partial charge in [-0.3, -0.25) is 0 Å². The van der Waals surface area contributed by atoms with Crippen molar-refractivity contribution in [2.45, 2.75) is 78.4 Å². The van der Waals surface area contributed by atoms with Gasteiger partial charge in [0.25, 0.3) is 0 Å². The minimum absolute atomic E-state index is 0.396. The van der Waals surface area contributed by atoms with Crippen LogP contribution in [0, 0.1) is 29.1 Å². The van der Waals surface area contributed by atoms with E-state index in [0.717, 1.165) is 23.7 Å². The quantitative estimate of drug-likeness (QED) is 0.708. The van der Waals surface area contributed by atoms with Crippen molar-refractivity contribution in [2.75, 3.05) is 0 Å². The molecule has 3 aliphatic rings. The minimum atomic E-state index is 0.396. The van der Waals surface area contributed by atoms with Gasteiger partial charge in [0.2, 0.25) is 0 Å². The van der Waals surface area contributed by atoms with Crippen LogP contribution in [0.1, 0.15) is 66.2 Å². The zero-order valence-electron chi connectivity index (χ0n) is 12.6. The van der Waals surface area contributed by atoms with Gasteiger partial charge in [-0.25, -0.2) is 0 Å². The number of fused-ring (bicyclic) bond motifs is 5. The van der Waals surface area contributed by atoms with Crippen LogP contribution in [-0.4, -0.2) is 12.2 Å². The molecular formula is C17H30O. The zero-order chi connectivity index (χ0) is 12.9. The Hall–Kier alpha value is -0.0400. The molecule has 0 aromatic heterocycles. The highest BCUT2D eigenvalue weighted by Crippen LogP contribution is 2.59. The normalized spacial score (nSPS) is 44.3. The maximum absolute atomic E-state index is 6.43. The Morgan fingerprint density at radius 1 is 1.06 bits per heavy atom. The largest absolute Gasteiger partial charge is 0.375 e. The Bertz CT molecular complexity index is 303. The van der Waals surface area contributed by atoms with Gasteiger partial charge in [-0.1, -0.05) is 27.2 Å². The first-order valence-corrected chi connectivity index (χ1v) is 8.09. The van der Waals surface area contributed by atoms with Crippen molar-refractivity contribution in [3.05, 3.63) is 0 Å². The van der Waals surface area contributed by atoms with E-state index in [1.165, 1.54) is 38.5 Å². The lowest BCUT2D eigenvalue weighted by Gasteiger charge is -2.34. The summed E-state index contributed by atoms with van der Waals surface area (Å²) < 4.78 is 6.43. The van der Waals surface area contributed by atoms with Crippen molar-refractivity contribution in [1.82, 2.24) is 0 Å². The van der Waals surface area contributed by atoms with Gasteiger partial charge in [-0.05, 0) is 68.1 Å². The molecule has 2 bridgehead atoms. The molecule has 104 valence electrons. The minimum Gasteiger partial charge on any atom is -0.375 e. The number of hydrogen-bond acceptors (Lipinski definition) is 1. The molecule has 3 rings (SSSR count). The summed E-state index contributed by atoms with van der Waals surface area (Å²) in [5.41, 5.74) is 0.396. The summed E-state index contributed by atoms with van der Waals surface area (Å²) in [4.78, 5) is 0. The molecule has 0 aliphatic heterocycles. The Kier molecular flexibility index (Phi) is 3.25. The van der Waals surface area contributed by atoms with Crippen LogP contribution in [0.5, 0.6) is 0 Å². The van der Waals surface area contributed by atoms with Crippen molar-refractivity contribution < 1.29 is 4.74 Å². The van der Waals surface area contributed by atoms with Crippen LogP contribution in [0.4, 0.5) is 0 Å². The van der Waals surface area contributed by atoms with Crippen molar-refractivity contribution in [1.29, 1.82) is 0 Å². The van der Waals surface area contributed by atoms with Crippen molar-refractivity contribution >= 4 is 0 Å². The first kappa shape index (κ1) is 13.0. The molecule has 0 aromatic rings. The number of hydrogen-bond donors (Lipinski definition) is 0. The van der Waals surface area contributed by atoms with Crippen molar-refractivity contribution in [3.63, 3.8) is 0 Å². The van der Waals surface area contributed by atoms with Crippen LogP contribution in [0.25, 0.3) is 0 Å². The Morgan fingerprint density at radius 3 is 2.50 bits per heavy atom. The van der Waals surface area contributed by atoms with Crippen LogP contribution in [-0.2, 0) is 4.74 Å². The highest BCUT2D eigenvalue weighted by Gasteiger charge is 2.54. The zero-order valence-corrected chi connectivity index (χ0v) is 12.6. The molecule has 0 amide bonds. The lowest BCUT2D eigenvalue weighted by atomic mass is 9.80. The van der Waals surface area contributed by atoms with E-state index in [1.54, 1.807) is 0 Å². The molecule has 0 N–H and O–H groups in total. The van der Waals surface area contributed by atoms with E-state index in [0.29, 0.717) is 17.6 Å². The first-order chi connectivity index (χ1) is 8.44. The Morgan fingerprint density at radius 2 is 1.78 bits per heavy atom. The van der Waals surface area contributed by atoms with Gasteiger partial charge < -0.3 is 4.74 Å². The van der Waals surface area contributed by atoms with E-state index in [2.05, 4.69) is 27.7 Å². The average Bonchev–Trinajstić information content (AvgIpc) is 2.81. The van der Waals surface area contributed by atoms with Crippen molar-refractivity contribution in [3.8, 4) is 0 Å². The third-order valence-electron chi connectivity index (χ3n) is 5.67. The van der Waals surface area contributed by atoms with E-state index in [9.17, 15) is 0 Å². The van der Waals surface area contributed by atoms with Crippen LogP contribution < -0.4 is 0 Å². The molecule has 18 heavy (non-hydrogen) atoms. The summed E-state index contributed by atoms with van der Waals surface area (Å²) in [6.45, 7) is 9.24. The molecule has 6 unspecified atom stereocenters. The second kappa shape index (κ2) is 4.51. The maximum Gasteiger partial charge on any atom is 0.0612 e. The molecule has 1 heteroatoms. The number of ether oxygens (including phenoxy) is 1. The summed E-state index contributed by atoms with van der Waals surface area (Å²) in [7, 11) is 0. The molecule has 0 saturated heterocycles. The predicted octanol–water partition coefficient (Wildman–Crippen LogP) is 4.65. The van der Waals surface area contributed by atoms with Gasteiger partial charge in [-0.2, -0.15) is 0 Å². The van der Waals surface area contributed by atoms with Gasteiger partial charge in [0.1, 0.15) is 0 Å². The van der Waals surface area contributed by atoms with Gasteiger partial charge in [0.05, 0.1) is 12.2 Å². The fourth-order valence-corrected chi connectivity index (χ4v) is 5.37. The highest BCUT2D eigenvalue weighted by atomic mass is 16.5. The summed E-state index contributed by atoms with van der Waals surface area (Å²) in [5, 5.41) is 0. The topological polar surface area (TPSA) is 9.23 Å². The lowest BCUT2D eigenvalue weighted by molar-refractivity contribution is -0.0627. The molecule has 1 nitrogen and oxygen atoms in total. The second-order valence-corrected chi connectivity index (χ2v) is 8.40. The van der Waals surface area contributed by atoms with Crippen LogP contribution in [0.2, 0.25) is 0 Å². The fraction of sp³-hybridized carbons (Fsp3) is 1.00. The first-order valence-electron chi connectivity index (χ1n) is 8.09. The molecule has 3 aliphatic carbocycles.